The van der Waals surface area contributed by atoms with Crippen LogP contribution in [-0.4, -0.2) is 14.8 Å². The van der Waals surface area contributed by atoms with Gasteiger partial charge in [-0.3, -0.25) is 9.67 Å². The Kier molecular flexibility index (Phi) is 1.85. The summed E-state index contributed by atoms with van der Waals surface area (Å²) in [5.74, 6) is 0. The minimum atomic E-state index is 1.03. The lowest BCUT2D eigenvalue weighted by Gasteiger charge is -1.96. The summed E-state index contributed by atoms with van der Waals surface area (Å²) in [5.41, 5.74) is 3.33. The fraction of sp³-hybridized carbons (Fsp3) is 0.200. The molecule has 0 unspecified atom stereocenters. The molecule has 2 rings (SSSR count). The Bertz CT molecular complexity index is 418. The van der Waals surface area contributed by atoms with E-state index in [1.807, 2.05) is 38.6 Å². The zero-order chi connectivity index (χ0) is 9.26. The highest BCUT2D eigenvalue weighted by atomic mass is 15.2. The molecule has 0 amide bonds. The molecule has 0 saturated heterocycles. The summed E-state index contributed by atoms with van der Waals surface area (Å²) in [6, 6.07) is 4.04. The Balaban J connectivity index is 2.46. The van der Waals surface area contributed by atoms with Gasteiger partial charge in [-0.2, -0.15) is 5.10 Å². The van der Waals surface area contributed by atoms with E-state index in [1.165, 1.54) is 5.56 Å². The van der Waals surface area contributed by atoms with Gasteiger partial charge in [0.25, 0.3) is 0 Å². The van der Waals surface area contributed by atoms with Gasteiger partial charge in [0.05, 0.1) is 6.20 Å². The van der Waals surface area contributed by atoms with Crippen LogP contribution in [0.5, 0.6) is 0 Å². The van der Waals surface area contributed by atoms with Gasteiger partial charge in [-0.15, -0.1) is 0 Å². The van der Waals surface area contributed by atoms with Crippen molar-refractivity contribution in [1.29, 1.82) is 0 Å². The van der Waals surface area contributed by atoms with E-state index in [9.17, 15) is 0 Å². The standard InChI is InChI=1S/C10H11N3/c1-8-5-9(3-4-11-8)10-6-12-13(2)7-10/h3-7H,1-2H3. The molecule has 2 aromatic rings. The molecular weight excluding hydrogens is 162 g/mol. The lowest BCUT2D eigenvalue weighted by atomic mass is 10.1. The molecule has 0 aliphatic rings. The van der Waals surface area contributed by atoms with Crippen molar-refractivity contribution in [1.82, 2.24) is 14.8 Å². The molecule has 0 N–H and O–H groups in total. The summed E-state index contributed by atoms with van der Waals surface area (Å²) in [6.45, 7) is 1.99. The molecule has 0 bridgehead atoms. The molecule has 0 atom stereocenters. The van der Waals surface area contributed by atoms with E-state index in [4.69, 9.17) is 0 Å². The van der Waals surface area contributed by atoms with Crippen LogP contribution in [0.15, 0.2) is 30.7 Å². The first-order chi connectivity index (χ1) is 6.25. The number of aryl methyl sites for hydroxylation is 2. The van der Waals surface area contributed by atoms with Gasteiger partial charge >= 0.3 is 0 Å². The van der Waals surface area contributed by atoms with Crippen molar-refractivity contribution in [2.45, 2.75) is 6.92 Å². The van der Waals surface area contributed by atoms with Crippen molar-refractivity contribution < 1.29 is 0 Å². The lowest BCUT2D eigenvalue weighted by molar-refractivity contribution is 0.768. The van der Waals surface area contributed by atoms with Gasteiger partial charge in [-0.25, -0.2) is 0 Å². The molecular formula is C10H11N3. The predicted octanol–water partition coefficient (Wildman–Crippen LogP) is 1.79. The molecule has 0 radical (unpaired) electrons. The number of pyridine rings is 1. The summed E-state index contributed by atoms with van der Waals surface area (Å²) >= 11 is 0. The maximum Gasteiger partial charge on any atom is 0.0568 e. The SMILES string of the molecule is Cc1cc(-c2cnn(C)c2)ccn1. The van der Waals surface area contributed by atoms with E-state index in [0.29, 0.717) is 0 Å². The minimum absolute atomic E-state index is 1.03. The normalized spacial score (nSPS) is 10.3. The van der Waals surface area contributed by atoms with Crippen LogP contribution in [0.3, 0.4) is 0 Å². The second-order valence-corrected chi connectivity index (χ2v) is 3.09. The Morgan fingerprint density at radius 1 is 1.31 bits per heavy atom. The van der Waals surface area contributed by atoms with Gasteiger partial charge in [0.1, 0.15) is 0 Å². The van der Waals surface area contributed by atoms with Gasteiger partial charge < -0.3 is 0 Å². The van der Waals surface area contributed by atoms with Crippen molar-refractivity contribution in [2.24, 2.45) is 7.05 Å². The van der Waals surface area contributed by atoms with Gasteiger partial charge in [0.2, 0.25) is 0 Å². The first-order valence-electron chi connectivity index (χ1n) is 4.17. The molecule has 3 nitrogen and oxygen atoms in total. The molecule has 0 aromatic carbocycles. The number of aromatic nitrogens is 3. The average molecular weight is 173 g/mol. The van der Waals surface area contributed by atoms with Crippen LogP contribution >= 0.6 is 0 Å². The number of rotatable bonds is 1. The number of nitrogens with zero attached hydrogens (tertiary/aromatic N) is 3. The summed E-state index contributed by atoms with van der Waals surface area (Å²) in [5, 5.41) is 4.12. The third kappa shape index (κ3) is 1.59. The van der Waals surface area contributed by atoms with Gasteiger partial charge in [0, 0.05) is 30.7 Å². The summed E-state index contributed by atoms with van der Waals surface area (Å²) in [6.07, 6.45) is 5.67. The van der Waals surface area contributed by atoms with E-state index in [2.05, 4.69) is 16.1 Å². The molecule has 0 saturated carbocycles. The lowest BCUT2D eigenvalue weighted by Crippen LogP contribution is -1.84. The van der Waals surface area contributed by atoms with Crippen LogP contribution < -0.4 is 0 Å². The smallest absolute Gasteiger partial charge is 0.0568 e. The molecule has 13 heavy (non-hydrogen) atoms. The molecule has 2 heterocycles. The van der Waals surface area contributed by atoms with Crippen LogP contribution in [0.1, 0.15) is 5.69 Å². The van der Waals surface area contributed by atoms with E-state index in [0.717, 1.165) is 11.3 Å². The summed E-state index contributed by atoms with van der Waals surface area (Å²) in [4.78, 5) is 4.14. The highest BCUT2D eigenvalue weighted by Gasteiger charge is 1.99. The second kappa shape index (κ2) is 3.01. The van der Waals surface area contributed by atoms with E-state index in [1.54, 1.807) is 4.68 Å². The monoisotopic (exact) mass is 173 g/mol. The van der Waals surface area contributed by atoms with Crippen LogP contribution in [0.25, 0.3) is 11.1 Å². The van der Waals surface area contributed by atoms with Crippen molar-refractivity contribution in [3.05, 3.63) is 36.4 Å². The summed E-state index contributed by atoms with van der Waals surface area (Å²) in [7, 11) is 1.91. The van der Waals surface area contributed by atoms with Gasteiger partial charge in [-0.05, 0) is 24.6 Å². The van der Waals surface area contributed by atoms with Crippen LogP contribution in [0, 0.1) is 6.92 Å². The number of hydrogen-bond donors (Lipinski definition) is 0. The Labute approximate surface area is 77.0 Å². The molecule has 0 aliphatic carbocycles. The van der Waals surface area contributed by atoms with Crippen molar-refractivity contribution in [2.75, 3.05) is 0 Å². The molecule has 3 heteroatoms. The predicted molar refractivity (Wildman–Crippen MR) is 51.2 cm³/mol. The third-order valence-electron chi connectivity index (χ3n) is 1.93. The highest BCUT2D eigenvalue weighted by Crippen LogP contribution is 2.17. The third-order valence-corrected chi connectivity index (χ3v) is 1.93. The largest absolute Gasteiger partial charge is 0.275 e. The molecule has 66 valence electrons. The first-order valence-corrected chi connectivity index (χ1v) is 4.17. The molecule has 2 aromatic heterocycles. The van der Waals surface area contributed by atoms with E-state index in [-0.39, 0.29) is 0 Å². The number of hydrogen-bond acceptors (Lipinski definition) is 2. The van der Waals surface area contributed by atoms with Gasteiger partial charge in [-0.1, -0.05) is 0 Å². The zero-order valence-electron chi connectivity index (χ0n) is 7.73. The van der Waals surface area contributed by atoms with Crippen LogP contribution in [0.2, 0.25) is 0 Å². The Morgan fingerprint density at radius 3 is 2.77 bits per heavy atom. The fourth-order valence-electron chi connectivity index (χ4n) is 1.30. The highest BCUT2D eigenvalue weighted by molar-refractivity contribution is 5.61. The quantitative estimate of drug-likeness (QED) is 0.658. The molecule has 0 spiro atoms. The van der Waals surface area contributed by atoms with E-state index >= 15 is 0 Å². The van der Waals surface area contributed by atoms with E-state index < -0.39 is 0 Å². The van der Waals surface area contributed by atoms with Crippen LogP contribution in [-0.2, 0) is 7.05 Å². The minimum Gasteiger partial charge on any atom is -0.275 e. The van der Waals surface area contributed by atoms with Gasteiger partial charge in [0.15, 0.2) is 0 Å². The molecule has 0 fully saturated rings. The average Bonchev–Trinajstić information content (AvgIpc) is 2.52. The Hall–Kier alpha value is -1.64. The Morgan fingerprint density at radius 2 is 2.15 bits per heavy atom. The van der Waals surface area contributed by atoms with Crippen LogP contribution in [0.4, 0.5) is 0 Å². The van der Waals surface area contributed by atoms with Crippen molar-refractivity contribution in [3.8, 4) is 11.1 Å². The van der Waals surface area contributed by atoms with Crippen molar-refractivity contribution in [3.63, 3.8) is 0 Å². The topological polar surface area (TPSA) is 30.7 Å². The zero-order valence-corrected chi connectivity index (χ0v) is 7.73. The maximum atomic E-state index is 4.14. The maximum absolute atomic E-state index is 4.14. The van der Waals surface area contributed by atoms with Crippen molar-refractivity contribution >= 4 is 0 Å². The molecule has 0 aliphatic heterocycles. The summed E-state index contributed by atoms with van der Waals surface area (Å²) < 4.78 is 1.80. The second-order valence-electron chi connectivity index (χ2n) is 3.09. The fourth-order valence-corrected chi connectivity index (χ4v) is 1.30. The first kappa shape index (κ1) is 7.98.